The molecule has 2 atom stereocenters. The lowest BCUT2D eigenvalue weighted by Crippen LogP contribution is -2.36. The molecule has 1 aromatic carbocycles. The van der Waals surface area contributed by atoms with Gasteiger partial charge in [-0.2, -0.15) is 0 Å². The monoisotopic (exact) mass is 290 g/mol. The van der Waals surface area contributed by atoms with Gasteiger partial charge in [0.25, 0.3) is 0 Å². The first-order valence-corrected chi connectivity index (χ1v) is 6.80. The van der Waals surface area contributed by atoms with Crippen LogP contribution in [-0.4, -0.2) is 50.6 Å². The van der Waals surface area contributed by atoms with Crippen molar-refractivity contribution in [2.24, 2.45) is 0 Å². The van der Waals surface area contributed by atoms with Crippen LogP contribution < -0.4 is 10.1 Å². The summed E-state index contributed by atoms with van der Waals surface area (Å²) in [6.07, 6.45) is 0.419. The number of esters is 1. The van der Waals surface area contributed by atoms with E-state index < -0.39 is 11.5 Å². The van der Waals surface area contributed by atoms with Crippen molar-refractivity contribution >= 4 is 17.6 Å². The summed E-state index contributed by atoms with van der Waals surface area (Å²) in [5.41, 5.74) is 0.974. The highest BCUT2D eigenvalue weighted by Gasteiger charge is 2.55. The number of rotatable bonds is 2. The number of nitrogens with one attached hydrogen (secondary N) is 1. The topological polar surface area (TPSA) is 67.9 Å². The van der Waals surface area contributed by atoms with Gasteiger partial charge in [-0.1, -0.05) is 0 Å². The summed E-state index contributed by atoms with van der Waals surface area (Å²) in [5.74, 6) is 0.330. The van der Waals surface area contributed by atoms with Gasteiger partial charge in [0.1, 0.15) is 11.8 Å². The van der Waals surface area contributed by atoms with Gasteiger partial charge in [-0.05, 0) is 37.2 Å². The number of ether oxygens (including phenoxy) is 2. The number of methoxy groups -OCH3 is 2. The van der Waals surface area contributed by atoms with Crippen molar-refractivity contribution in [3.63, 3.8) is 0 Å². The van der Waals surface area contributed by atoms with Crippen LogP contribution in [0.25, 0.3) is 0 Å². The predicted molar refractivity (Wildman–Crippen MR) is 76.4 cm³/mol. The smallest absolute Gasteiger partial charge is 0.323 e. The van der Waals surface area contributed by atoms with Crippen LogP contribution in [0.4, 0.5) is 5.69 Å². The quantitative estimate of drug-likeness (QED) is 0.815. The second-order valence-electron chi connectivity index (χ2n) is 5.61. The van der Waals surface area contributed by atoms with E-state index in [1.165, 1.54) is 7.11 Å². The highest BCUT2D eigenvalue weighted by atomic mass is 16.5. The number of anilines is 1. The summed E-state index contributed by atoms with van der Waals surface area (Å²) in [7, 11) is 4.80. The molecule has 0 aromatic heterocycles. The Morgan fingerprint density at radius 1 is 1.43 bits per heavy atom. The lowest BCUT2D eigenvalue weighted by molar-refractivity contribution is -0.145. The standard InChI is InChI=1S/C15H18N2O4/c1-17-8-15(7-12(17)13(18)21-3)10-6-9(20-2)4-5-11(10)16-14(15)19/h4-6,12H,7-8H2,1-3H3,(H,16,19)/t12-,15-/m0/s1. The second kappa shape index (κ2) is 4.73. The van der Waals surface area contributed by atoms with E-state index in [1.807, 2.05) is 30.1 Å². The fraction of sp³-hybridized carbons (Fsp3) is 0.467. The molecule has 2 heterocycles. The molecular weight excluding hydrogens is 272 g/mol. The minimum absolute atomic E-state index is 0.0657. The Morgan fingerprint density at radius 2 is 2.19 bits per heavy atom. The predicted octanol–water partition coefficient (Wildman–Crippen LogP) is 0.762. The molecule has 6 heteroatoms. The summed E-state index contributed by atoms with van der Waals surface area (Å²) in [6.45, 7) is 0.485. The van der Waals surface area contributed by atoms with Gasteiger partial charge >= 0.3 is 5.97 Å². The summed E-state index contributed by atoms with van der Waals surface area (Å²) < 4.78 is 10.1. The molecule has 0 saturated carbocycles. The third-order valence-electron chi connectivity index (χ3n) is 4.49. The maximum atomic E-state index is 12.5. The Kier molecular flexibility index (Phi) is 3.13. The summed E-state index contributed by atoms with van der Waals surface area (Å²) in [5, 5.41) is 2.91. The number of carbonyl (C=O) groups is 2. The van der Waals surface area contributed by atoms with Crippen LogP contribution in [0.2, 0.25) is 0 Å². The number of likely N-dealkylation sites (tertiary alicyclic amines) is 1. The molecule has 21 heavy (non-hydrogen) atoms. The van der Waals surface area contributed by atoms with Crippen molar-refractivity contribution in [2.75, 3.05) is 33.1 Å². The van der Waals surface area contributed by atoms with Gasteiger partial charge in [0, 0.05) is 12.2 Å². The Balaban J connectivity index is 2.04. The second-order valence-corrected chi connectivity index (χ2v) is 5.61. The zero-order valence-corrected chi connectivity index (χ0v) is 12.3. The molecule has 0 unspecified atom stereocenters. The van der Waals surface area contributed by atoms with Gasteiger partial charge in [-0.15, -0.1) is 0 Å². The zero-order chi connectivity index (χ0) is 15.2. The fourth-order valence-corrected chi connectivity index (χ4v) is 3.36. The van der Waals surface area contributed by atoms with Crippen LogP contribution >= 0.6 is 0 Å². The van der Waals surface area contributed by atoms with Crippen molar-refractivity contribution in [1.29, 1.82) is 0 Å². The summed E-state index contributed by atoms with van der Waals surface area (Å²) in [4.78, 5) is 26.3. The van der Waals surface area contributed by atoms with Crippen molar-refractivity contribution < 1.29 is 19.1 Å². The molecule has 1 spiro atoms. The third kappa shape index (κ3) is 1.90. The Bertz CT molecular complexity index is 616. The number of hydrogen-bond donors (Lipinski definition) is 1. The molecule has 0 bridgehead atoms. The van der Waals surface area contributed by atoms with Crippen LogP contribution in [0, 0.1) is 0 Å². The first-order valence-electron chi connectivity index (χ1n) is 6.80. The number of amides is 1. The maximum Gasteiger partial charge on any atom is 0.323 e. The number of carbonyl (C=O) groups excluding carboxylic acids is 2. The average molecular weight is 290 g/mol. The van der Waals surface area contributed by atoms with Crippen molar-refractivity contribution in [3.05, 3.63) is 23.8 Å². The first kappa shape index (κ1) is 13.9. The van der Waals surface area contributed by atoms with Crippen molar-refractivity contribution in [3.8, 4) is 5.75 Å². The number of hydrogen-bond acceptors (Lipinski definition) is 5. The Morgan fingerprint density at radius 3 is 2.86 bits per heavy atom. The zero-order valence-electron chi connectivity index (χ0n) is 12.3. The maximum absolute atomic E-state index is 12.5. The normalized spacial score (nSPS) is 27.6. The Labute approximate surface area is 123 Å². The number of likely N-dealkylation sites (N-methyl/N-ethyl adjacent to an activating group) is 1. The molecule has 112 valence electrons. The minimum Gasteiger partial charge on any atom is -0.497 e. The van der Waals surface area contributed by atoms with Crippen LogP contribution in [0.1, 0.15) is 12.0 Å². The molecule has 1 aromatic rings. The van der Waals surface area contributed by atoms with Gasteiger partial charge < -0.3 is 14.8 Å². The molecule has 1 N–H and O–H groups in total. The highest BCUT2D eigenvalue weighted by molar-refractivity contribution is 6.07. The van der Waals surface area contributed by atoms with Crippen LogP contribution in [-0.2, 0) is 19.7 Å². The van der Waals surface area contributed by atoms with Crippen LogP contribution in [0.15, 0.2) is 18.2 Å². The molecule has 6 nitrogen and oxygen atoms in total. The van der Waals surface area contributed by atoms with E-state index in [2.05, 4.69) is 5.32 Å². The van der Waals surface area contributed by atoms with Crippen LogP contribution in [0.3, 0.4) is 0 Å². The molecule has 0 radical (unpaired) electrons. The molecule has 2 aliphatic rings. The van der Waals surface area contributed by atoms with Gasteiger partial charge in [0.05, 0.1) is 19.6 Å². The molecule has 1 amide bonds. The highest BCUT2D eigenvalue weighted by Crippen LogP contribution is 2.47. The largest absolute Gasteiger partial charge is 0.497 e. The van der Waals surface area contributed by atoms with E-state index in [9.17, 15) is 9.59 Å². The van der Waals surface area contributed by atoms with Gasteiger partial charge in [-0.25, -0.2) is 0 Å². The van der Waals surface area contributed by atoms with Gasteiger partial charge in [0.15, 0.2) is 0 Å². The molecule has 2 aliphatic heterocycles. The fourth-order valence-electron chi connectivity index (χ4n) is 3.36. The average Bonchev–Trinajstić information content (AvgIpc) is 2.97. The number of fused-ring (bicyclic) bond motifs is 2. The van der Waals surface area contributed by atoms with E-state index in [1.54, 1.807) is 7.11 Å². The van der Waals surface area contributed by atoms with E-state index in [4.69, 9.17) is 9.47 Å². The third-order valence-corrected chi connectivity index (χ3v) is 4.49. The van der Waals surface area contributed by atoms with Crippen LogP contribution in [0.5, 0.6) is 5.75 Å². The van der Waals surface area contributed by atoms with Gasteiger partial charge in [-0.3, -0.25) is 14.5 Å². The van der Waals surface area contributed by atoms with E-state index in [0.29, 0.717) is 18.7 Å². The summed E-state index contributed by atoms with van der Waals surface area (Å²) >= 11 is 0. The van der Waals surface area contributed by atoms with Gasteiger partial charge in [0.2, 0.25) is 5.91 Å². The molecule has 1 saturated heterocycles. The first-order chi connectivity index (χ1) is 10.0. The van der Waals surface area contributed by atoms with Crippen molar-refractivity contribution in [1.82, 2.24) is 4.90 Å². The lowest BCUT2D eigenvalue weighted by Gasteiger charge is -2.21. The summed E-state index contributed by atoms with van der Waals surface area (Å²) in [6, 6.07) is 5.12. The SMILES string of the molecule is COC(=O)[C@@H]1C[C@@]2(CN1C)C(=O)Nc1ccc(OC)cc12. The number of nitrogens with zero attached hydrogens (tertiary/aromatic N) is 1. The van der Waals surface area contributed by atoms with Crippen molar-refractivity contribution in [2.45, 2.75) is 17.9 Å². The Hall–Kier alpha value is -2.08. The minimum atomic E-state index is -0.711. The molecule has 1 fully saturated rings. The van der Waals surface area contributed by atoms with E-state index in [0.717, 1.165) is 11.3 Å². The number of benzene rings is 1. The molecule has 3 rings (SSSR count). The lowest BCUT2D eigenvalue weighted by atomic mass is 9.79. The van der Waals surface area contributed by atoms with E-state index in [-0.39, 0.29) is 11.9 Å². The molecular formula is C15H18N2O4. The molecule has 0 aliphatic carbocycles. The van der Waals surface area contributed by atoms with E-state index >= 15 is 0 Å².